The second-order valence-electron chi connectivity index (χ2n) is 0.141. The minimum absolute atomic E-state index is 0.486. The van der Waals surface area contributed by atoms with Gasteiger partial charge in [0.2, 0.25) is 0 Å². The second kappa shape index (κ2) is 16.0. The molecule has 0 saturated carbocycles. The molecule has 0 bridgehead atoms. The predicted molar refractivity (Wildman–Crippen MR) is 28.6 cm³/mol. The fraction of sp³-hybridized carbons (Fsp3) is 0. The molecule has 0 aromatic rings. The van der Waals surface area contributed by atoms with Crippen molar-refractivity contribution in [1.82, 2.24) is 0 Å². The average molecular weight is 275 g/mol. The number of hydrogen-bond acceptors (Lipinski definition) is 1. The van der Waals surface area contributed by atoms with Crippen LogP contribution in [0.1, 0.15) is 0 Å². The second-order valence-corrected chi connectivity index (χ2v) is 6.61. The summed E-state index contributed by atoms with van der Waals surface area (Å²) in [7, 11) is 4.25. The quantitative estimate of drug-likeness (QED) is 0.479. The number of hydrogen-bond donors (Lipinski definition) is 0. The molecule has 0 rings (SSSR count). The van der Waals surface area contributed by atoms with E-state index in [9.17, 15) is 0 Å². The zero-order valence-electron chi connectivity index (χ0n) is 2.72. The van der Waals surface area contributed by atoms with E-state index in [1.165, 1.54) is 0 Å². The maximum atomic E-state index is 4.25. The third-order valence-electron chi connectivity index (χ3n) is 0. The van der Waals surface area contributed by atoms with Gasteiger partial charge in [-0.2, -0.15) is 0 Å². The van der Waals surface area contributed by atoms with Gasteiger partial charge in [-0.1, -0.05) is 0 Å². The van der Waals surface area contributed by atoms with Crippen molar-refractivity contribution < 1.29 is 14.7 Å². The first kappa shape index (κ1) is 10.5. The molecule has 0 fully saturated rings. The Morgan fingerprint density at radius 3 is 1.40 bits per heavy atom. The summed E-state index contributed by atoms with van der Waals surface area (Å²) in [6.45, 7) is 7.68. The summed E-state index contributed by atoms with van der Waals surface area (Å²) in [5, 5.41) is 0. The van der Waals surface area contributed by atoms with Crippen molar-refractivity contribution in [2.75, 3.05) is 0 Å². The van der Waals surface area contributed by atoms with E-state index in [1.54, 1.807) is 0 Å². The van der Waals surface area contributed by atoms with E-state index < -0.39 is 14.7 Å². The van der Waals surface area contributed by atoms with Gasteiger partial charge < -0.3 is 0 Å². The summed E-state index contributed by atoms with van der Waals surface area (Å²) in [6, 6.07) is 0. The van der Waals surface area contributed by atoms with Crippen LogP contribution in [0.4, 0.5) is 0 Å². The summed E-state index contributed by atoms with van der Waals surface area (Å²) in [5.74, 6) is 0. The molecule has 0 aromatic heterocycles. The van der Waals surface area contributed by atoms with Gasteiger partial charge in [0.15, 0.2) is 0 Å². The van der Waals surface area contributed by atoms with Crippen LogP contribution in [0.5, 0.6) is 0 Å². The van der Waals surface area contributed by atoms with Crippen LogP contribution in [-0.4, -0.2) is 22.4 Å². The van der Waals surface area contributed by atoms with Crippen LogP contribution in [0.15, 0.2) is 0 Å². The van der Waals surface area contributed by atoms with Gasteiger partial charge in [0.05, 0.1) is 0 Å². The van der Waals surface area contributed by atoms with Crippen molar-refractivity contribution in [1.29, 1.82) is 0 Å². The van der Waals surface area contributed by atoms with Crippen LogP contribution in [-0.2, 0) is 14.7 Å². The molecule has 0 radical (unpaired) electrons. The van der Waals surface area contributed by atoms with E-state index in [0.717, 1.165) is 22.4 Å². The van der Waals surface area contributed by atoms with E-state index in [0.29, 0.717) is 0 Å². The average Bonchev–Trinajstić information content (AvgIpc) is 1.46. The summed E-state index contributed by atoms with van der Waals surface area (Å²) >= 11 is 0.247. The van der Waals surface area contributed by atoms with Crippen LogP contribution in [0.2, 0.25) is 0 Å². The first-order valence-corrected chi connectivity index (χ1v) is 15.7. The Kier molecular flexibility index (Phi) is 33.7. The minimum atomic E-state index is -0.486. The van der Waals surface area contributed by atoms with Crippen molar-refractivity contribution in [3.8, 4) is 0 Å². The van der Waals surface area contributed by atoms with Gasteiger partial charge in [0.25, 0.3) is 0 Å². The zero-order valence-corrected chi connectivity index (χ0v) is 12.3. The van der Waals surface area contributed by atoms with Gasteiger partial charge in [-0.3, -0.25) is 0 Å². The Morgan fingerprint density at radius 2 is 1.40 bits per heavy atom. The maximum absolute atomic E-state index is 4.25. The zero-order chi connectivity index (χ0) is 4.71. The summed E-state index contributed by atoms with van der Waals surface area (Å²) in [5.41, 5.74) is 0. The molecule has 0 aliphatic carbocycles. The van der Waals surface area contributed by atoms with Gasteiger partial charge in [-0.25, -0.2) is 0 Å². The Bertz CT molecular complexity index is 93.6. The van der Waals surface area contributed by atoms with Gasteiger partial charge in [0, 0.05) is 0 Å². The van der Waals surface area contributed by atoms with Crippen LogP contribution in [0.25, 0.3) is 0 Å². The molecule has 0 spiro atoms. The molecular weight excluding hydrogens is 274 g/mol. The molecule has 5 heteroatoms. The molecule has 0 heterocycles. The molecule has 0 N–H and O–H groups in total. The van der Waals surface area contributed by atoms with Crippen molar-refractivity contribution in [2.45, 2.75) is 0 Å². The number of rotatable bonds is 0. The Hall–Kier alpha value is 2.57. The third kappa shape index (κ3) is 20.8. The van der Waals surface area contributed by atoms with Gasteiger partial charge in [-0.15, -0.1) is 0 Å². The third-order valence-corrected chi connectivity index (χ3v) is 0. The molecule has 0 amide bonds. The van der Waals surface area contributed by atoms with E-state index in [2.05, 4.69) is 22.7 Å². The standard InChI is InChI=1S/In.2P.S.Zn.H. The van der Waals surface area contributed by atoms with Crippen molar-refractivity contribution in [2.24, 2.45) is 0 Å². The molecular formula is HInP2SZn. The predicted octanol–water partition coefficient (Wildman–Crippen LogP) is 1.72. The van der Waals surface area contributed by atoms with Crippen LogP contribution >= 0.6 is 22.7 Å². The molecule has 0 atom stereocenters. The molecule has 22 valence electrons. The molecule has 0 saturated heterocycles. The van der Waals surface area contributed by atoms with Crippen molar-refractivity contribution >= 4 is 45.1 Å². The summed E-state index contributed by atoms with van der Waals surface area (Å²) < 4.78 is 0. The monoisotopic (exact) mass is 274 g/mol. The molecule has 0 nitrogen and oxygen atoms in total. The molecule has 0 unspecified atom stereocenters. The van der Waals surface area contributed by atoms with E-state index in [4.69, 9.17) is 0 Å². The van der Waals surface area contributed by atoms with Crippen LogP contribution < -0.4 is 0 Å². The SMILES string of the molecule is [P]#[Zn]#[P].[S]=[InH]. The van der Waals surface area contributed by atoms with Crippen molar-refractivity contribution in [3.63, 3.8) is 0 Å². The Balaban J connectivity index is 0. The van der Waals surface area contributed by atoms with Crippen molar-refractivity contribution in [3.05, 3.63) is 0 Å². The van der Waals surface area contributed by atoms with Gasteiger partial charge in [-0.05, 0) is 0 Å². The fourth-order valence-electron chi connectivity index (χ4n) is 0. The summed E-state index contributed by atoms with van der Waals surface area (Å²) in [4.78, 5) is 0. The van der Waals surface area contributed by atoms with Crippen LogP contribution in [0.3, 0.4) is 0 Å². The topological polar surface area (TPSA) is 0 Å². The van der Waals surface area contributed by atoms with Crippen LogP contribution in [0, 0.1) is 0 Å². The van der Waals surface area contributed by atoms with E-state index in [-0.39, 0.29) is 0 Å². The molecule has 0 aliphatic rings. The van der Waals surface area contributed by atoms with E-state index >= 15 is 0 Å². The van der Waals surface area contributed by atoms with E-state index in [1.807, 2.05) is 0 Å². The fourth-order valence-corrected chi connectivity index (χ4v) is 0. The Morgan fingerprint density at radius 1 is 1.40 bits per heavy atom. The summed E-state index contributed by atoms with van der Waals surface area (Å²) in [6.07, 6.45) is 0. The molecule has 5 heavy (non-hydrogen) atoms. The molecule has 0 aromatic carbocycles. The van der Waals surface area contributed by atoms with Gasteiger partial charge >= 0.3 is 59.8 Å². The molecule has 0 aliphatic heterocycles. The van der Waals surface area contributed by atoms with Gasteiger partial charge in [0.1, 0.15) is 0 Å². The Labute approximate surface area is 59.1 Å². The normalized spacial score (nSPS) is 4.20. The first-order valence-electron chi connectivity index (χ1n) is 0.921. The first-order chi connectivity index (χ1) is 2.41.